The van der Waals surface area contributed by atoms with Crippen LogP contribution < -0.4 is 8.85 Å². The molecule has 0 radical (unpaired) electrons. The average Bonchev–Trinajstić information content (AvgIpc) is 2.66. The second kappa shape index (κ2) is 13.5. The summed E-state index contributed by atoms with van der Waals surface area (Å²) in [6.07, 6.45) is 2.25. The molecule has 0 N–H and O–H groups in total. The van der Waals surface area contributed by atoms with Gasteiger partial charge in [-0.3, -0.25) is 0 Å². The zero-order chi connectivity index (χ0) is 20.9. The molecule has 0 amide bonds. The summed E-state index contributed by atoms with van der Waals surface area (Å²) in [6.45, 7) is 8.99. The van der Waals surface area contributed by atoms with Crippen LogP contribution in [0.5, 0.6) is 11.5 Å². The van der Waals surface area contributed by atoms with Crippen molar-refractivity contribution in [2.45, 2.75) is 51.1 Å². The van der Waals surface area contributed by atoms with E-state index in [1.54, 1.807) is 0 Å². The summed E-state index contributed by atoms with van der Waals surface area (Å²) in [5.74, 6) is 2.73. The monoisotopic (exact) mass is 500 g/mol. The second-order valence-electron chi connectivity index (χ2n) is 7.93. The molecular formula is C22H34BrClO2Si2. The van der Waals surface area contributed by atoms with Crippen molar-refractivity contribution in [3.63, 3.8) is 0 Å². The van der Waals surface area contributed by atoms with Gasteiger partial charge in [0.05, 0.1) is 0 Å². The molecule has 28 heavy (non-hydrogen) atoms. The van der Waals surface area contributed by atoms with E-state index >= 15 is 0 Å². The van der Waals surface area contributed by atoms with E-state index in [0.717, 1.165) is 35.2 Å². The Morgan fingerprint density at radius 1 is 0.714 bits per heavy atom. The number of halogens is 2. The normalized spacial score (nSPS) is 11.4. The molecule has 0 aliphatic heterocycles. The maximum atomic E-state index is 6.02. The van der Waals surface area contributed by atoms with Crippen LogP contribution in [0.4, 0.5) is 0 Å². The summed E-state index contributed by atoms with van der Waals surface area (Å²) in [7, 11) is -3.04. The highest BCUT2D eigenvalue weighted by Crippen LogP contribution is 2.20. The Morgan fingerprint density at radius 3 is 1.46 bits per heavy atom. The van der Waals surface area contributed by atoms with Crippen LogP contribution in [-0.4, -0.2) is 27.8 Å². The molecule has 0 saturated heterocycles. The van der Waals surface area contributed by atoms with Gasteiger partial charge in [0.15, 0.2) is 0 Å². The summed E-state index contributed by atoms with van der Waals surface area (Å²) >= 11 is 9.13. The van der Waals surface area contributed by atoms with Crippen molar-refractivity contribution in [2.24, 2.45) is 0 Å². The molecule has 0 fully saturated rings. The van der Waals surface area contributed by atoms with Crippen LogP contribution in [0.1, 0.15) is 12.8 Å². The fourth-order valence-corrected chi connectivity index (χ4v) is 7.67. The van der Waals surface area contributed by atoms with E-state index in [0.29, 0.717) is 0 Å². The molecule has 2 aromatic rings. The largest absolute Gasteiger partial charge is 0.544 e. The second-order valence-corrected chi connectivity index (χ2v) is 17.6. The van der Waals surface area contributed by atoms with E-state index in [2.05, 4.69) is 42.1 Å². The Balaban J connectivity index is 0.000000280. The third-order valence-corrected chi connectivity index (χ3v) is 9.62. The first-order chi connectivity index (χ1) is 13.3. The van der Waals surface area contributed by atoms with Crippen molar-refractivity contribution < 1.29 is 8.85 Å². The molecule has 0 spiro atoms. The highest BCUT2D eigenvalue weighted by molar-refractivity contribution is 9.09. The molecule has 0 bridgehead atoms. The van der Waals surface area contributed by atoms with Crippen molar-refractivity contribution in [2.75, 3.05) is 11.2 Å². The SMILES string of the molecule is C[Si](C)(CCCBr)Oc1ccccc1.C[Si](C)(CCCCl)Oc1ccccc1. The van der Waals surface area contributed by atoms with Crippen molar-refractivity contribution >= 4 is 44.2 Å². The van der Waals surface area contributed by atoms with Gasteiger partial charge in [-0.15, -0.1) is 11.6 Å². The summed E-state index contributed by atoms with van der Waals surface area (Å²) in [5, 5.41) is 1.07. The molecule has 0 aromatic heterocycles. The highest BCUT2D eigenvalue weighted by Gasteiger charge is 2.24. The number of para-hydroxylation sites is 2. The first kappa shape index (κ1) is 25.3. The zero-order valence-corrected chi connectivity index (χ0v) is 21.9. The van der Waals surface area contributed by atoms with Gasteiger partial charge in [0.25, 0.3) is 0 Å². The topological polar surface area (TPSA) is 18.5 Å². The molecule has 156 valence electrons. The maximum Gasteiger partial charge on any atom is 0.245 e. The quantitative estimate of drug-likeness (QED) is 0.243. The lowest BCUT2D eigenvalue weighted by atomic mass is 10.3. The van der Waals surface area contributed by atoms with Crippen molar-refractivity contribution in [3.05, 3.63) is 60.7 Å². The minimum Gasteiger partial charge on any atom is -0.544 e. The highest BCUT2D eigenvalue weighted by atomic mass is 79.9. The lowest BCUT2D eigenvalue weighted by molar-refractivity contribution is 0.545. The van der Waals surface area contributed by atoms with Gasteiger partial charge in [0.1, 0.15) is 11.5 Å². The third kappa shape index (κ3) is 11.9. The van der Waals surface area contributed by atoms with Crippen LogP contribution >= 0.6 is 27.5 Å². The zero-order valence-electron chi connectivity index (χ0n) is 17.6. The van der Waals surface area contributed by atoms with Crippen LogP contribution in [0.25, 0.3) is 0 Å². The minimum atomic E-state index is -1.55. The van der Waals surface area contributed by atoms with Crippen LogP contribution in [-0.2, 0) is 0 Å². The van der Waals surface area contributed by atoms with E-state index in [4.69, 9.17) is 20.5 Å². The Kier molecular flexibility index (Phi) is 12.2. The Morgan fingerprint density at radius 2 is 1.11 bits per heavy atom. The lowest BCUT2D eigenvalue weighted by Gasteiger charge is -2.23. The fraction of sp³-hybridized carbons (Fsp3) is 0.455. The Labute approximate surface area is 187 Å². The molecular weight excluding hydrogens is 468 g/mol. The van der Waals surface area contributed by atoms with Crippen molar-refractivity contribution in [3.8, 4) is 11.5 Å². The van der Waals surface area contributed by atoms with Gasteiger partial charge in [-0.05, 0) is 75.4 Å². The minimum absolute atomic E-state index is 0.731. The van der Waals surface area contributed by atoms with E-state index in [9.17, 15) is 0 Å². The molecule has 0 heterocycles. The van der Waals surface area contributed by atoms with Gasteiger partial charge >= 0.3 is 0 Å². The number of rotatable bonds is 10. The molecule has 0 aliphatic carbocycles. The average molecular weight is 502 g/mol. The smallest absolute Gasteiger partial charge is 0.245 e. The molecule has 0 unspecified atom stereocenters. The number of hydrogen-bond donors (Lipinski definition) is 0. The van der Waals surface area contributed by atoms with Gasteiger partial charge in [-0.1, -0.05) is 52.3 Å². The van der Waals surface area contributed by atoms with E-state index in [1.165, 1.54) is 12.5 Å². The van der Waals surface area contributed by atoms with Crippen LogP contribution in [0.3, 0.4) is 0 Å². The van der Waals surface area contributed by atoms with Crippen LogP contribution in [0, 0.1) is 0 Å². The van der Waals surface area contributed by atoms with Gasteiger partial charge in [0.2, 0.25) is 16.6 Å². The standard InChI is InChI=1S/C11H17BrOSi.C11H17ClOSi/c2*1-14(2,10-6-9-12)13-11-7-4-3-5-8-11/h2*3-5,7-8H,6,9-10H2,1-2H3. The number of alkyl halides is 2. The summed E-state index contributed by atoms with van der Waals surface area (Å²) in [5.41, 5.74) is 0. The summed E-state index contributed by atoms with van der Waals surface area (Å²) < 4.78 is 12.0. The van der Waals surface area contributed by atoms with Gasteiger partial charge in [0, 0.05) is 11.2 Å². The van der Waals surface area contributed by atoms with Crippen LogP contribution in [0.2, 0.25) is 38.3 Å². The molecule has 2 nitrogen and oxygen atoms in total. The summed E-state index contributed by atoms with van der Waals surface area (Å²) in [4.78, 5) is 0. The molecule has 2 aromatic carbocycles. The van der Waals surface area contributed by atoms with Crippen molar-refractivity contribution in [1.29, 1.82) is 0 Å². The van der Waals surface area contributed by atoms with Gasteiger partial charge in [-0.2, -0.15) is 0 Å². The summed E-state index contributed by atoms with van der Waals surface area (Å²) in [6, 6.07) is 22.5. The molecule has 0 atom stereocenters. The molecule has 0 aliphatic rings. The maximum absolute atomic E-state index is 6.02. The first-order valence-corrected chi connectivity index (χ1v) is 17.8. The van der Waals surface area contributed by atoms with Gasteiger partial charge < -0.3 is 8.85 Å². The van der Waals surface area contributed by atoms with Crippen LogP contribution in [0.15, 0.2) is 60.7 Å². The Bertz CT molecular complexity index is 582. The van der Waals surface area contributed by atoms with E-state index < -0.39 is 16.6 Å². The number of benzene rings is 2. The third-order valence-electron chi connectivity index (χ3n) is 4.10. The number of hydrogen-bond acceptors (Lipinski definition) is 2. The molecule has 6 heteroatoms. The molecule has 0 saturated carbocycles. The first-order valence-electron chi connectivity index (χ1n) is 9.88. The lowest BCUT2D eigenvalue weighted by Crippen LogP contribution is -2.33. The predicted octanol–water partition coefficient (Wildman–Crippen LogP) is 7.95. The van der Waals surface area contributed by atoms with E-state index in [-0.39, 0.29) is 0 Å². The van der Waals surface area contributed by atoms with E-state index in [1.807, 2.05) is 60.7 Å². The predicted molar refractivity (Wildman–Crippen MR) is 132 cm³/mol. The van der Waals surface area contributed by atoms with Crippen molar-refractivity contribution in [1.82, 2.24) is 0 Å². The molecule has 2 rings (SSSR count). The van der Waals surface area contributed by atoms with Gasteiger partial charge in [-0.25, -0.2) is 0 Å². The fourth-order valence-electron chi connectivity index (χ4n) is 2.70. The Hall–Kier alpha value is -0.756.